The topological polar surface area (TPSA) is 72.3 Å². The van der Waals surface area contributed by atoms with Crippen LogP contribution in [0.2, 0.25) is 5.02 Å². The summed E-state index contributed by atoms with van der Waals surface area (Å²) in [6.07, 6.45) is 4.67. The Morgan fingerprint density at radius 2 is 1.88 bits per heavy atom. The number of rotatable bonds is 7. The van der Waals surface area contributed by atoms with Gasteiger partial charge in [0.1, 0.15) is 5.82 Å². The first-order valence-corrected chi connectivity index (χ1v) is 11.3. The average Bonchev–Trinajstić information content (AvgIpc) is 3.59. The van der Waals surface area contributed by atoms with Gasteiger partial charge < -0.3 is 4.57 Å². The van der Waals surface area contributed by atoms with Crippen LogP contribution in [0, 0.1) is 0 Å². The second-order valence-electron chi connectivity index (χ2n) is 7.21. The minimum atomic E-state index is 0.574. The van der Waals surface area contributed by atoms with Crippen LogP contribution in [-0.4, -0.2) is 30.2 Å². The predicted molar refractivity (Wildman–Crippen MR) is 128 cm³/mol. The second-order valence-corrected chi connectivity index (χ2v) is 8.65. The van der Waals surface area contributed by atoms with Crippen molar-refractivity contribution < 1.29 is 0 Å². The van der Waals surface area contributed by atoms with Gasteiger partial charge in [0, 0.05) is 27.5 Å². The van der Waals surface area contributed by atoms with Crippen LogP contribution in [0.5, 0.6) is 0 Å². The summed E-state index contributed by atoms with van der Waals surface area (Å²) in [5, 5.41) is 17.6. The molecule has 5 aromatic rings. The lowest BCUT2D eigenvalue weighted by atomic mass is 10.1. The number of hydrogen-bond donors (Lipinski definition) is 1. The Morgan fingerprint density at radius 1 is 1.03 bits per heavy atom. The number of aromatic nitrogens is 6. The monoisotopic (exact) mass is 458 g/mol. The van der Waals surface area contributed by atoms with Gasteiger partial charge in [-0.15, -0.1) is 21.5 Å². The van der Waals surface area contributed by atoms with E-state index in [0.717, 1.165) is 33.2 Å². The number of tetrazole rings is 1. The van der Waals surface area contributed by atoms with Crippen LogP contribution in [0.25, 0.3) is 23.0 Å². The lowest BCUT2D eigenvalue weighted by molar-refractivity contribution is 0.799. The predicted octanol–water partition coefficient (Wildman–Crippen LogP) is 5.61. The summed E-state index contributed by atoms with van der Waals surface area (Å²) >= 11 is 8.20. The zero-order valence-corrected chi connectivity index (χ0v) is 18.6. The lowest BCUT2D eigenvalue weighted by Crippen LogP contribution is -2.05. The number of thiophene rings is 1. The van der Waals surface area contributed by atoms with Crippen molar-refractivity contribution >= 4 is 34.6 Å². The summed E-state index contributed by atoms with van der Waals surface area (Å²) in [6, 6.07) is 22.2. The maximum atomic E-state index is 6.49. The van der Waals surface area contributed by atoms with Crippen molar-refractivity contribution in [2.75, 3.05) is 0 Å². The van der Waals surface area contributed by atoms with Gasteiger partial charge in [0.05, 0.1) is 18.4 Å². The number of imidazole rings is 1. The fourth-order valence-electron chi connectivity index (χ4n) is 3.56. The van der Waals surface area contributed by atoms with Crippen LogP contribution < -0.4 is 0 Å². The van der Waals surface area contributed by atoms with Gasteiger partial charge in [-0.3, -0.25) is 0 Å². The van der Waals surface area contributed by atoms with Crippen molar-refractivity contribution in [2.45, 2.75) is 13.0 Å². The van der Waals surface area contributed by atoms with Crippen molar-refractivity contribution in [1.82, 2.24) is 30.2 Å². The zero-order chi connectivity index (χ0) is 21.8. The highest BCUT2D eigenvalue weighted by Gasteiger charge is 2.15. The number of hydrogen-bond acceptors (Lipinski definition) is 5. The van der Waals surface area contributed by atoms with Crippen LogP contribution in [-0.2, 0) is 13.0 Å². The molecule has 0 saturated heterocycles. The first-order chi connectivity index (χ1) is 15.8. The van der Waals surface area contributed by atoms with Crippen LogP contribution in [0.4, 0.5) is 0 Å². The molecular weight excluding hydrogens is 440 g/mol. The normalized spacial score (nSPS) is 11.7. The van der Waals surface area contributed by atoms with E-state index >= 15 is 0 Å². The molecule has 0 unspecified atom stereocenters. The van der Waals surface area contributed by atoms with Crippen LogP contribution in [0.15, 0.2) is 78.3 Å². The smallest absolute Gasteiger partial charge is 0.201 e. The molecule has 158 valence electrons. The van der Waals surface area contributed by atoms with Crippen molar-refractivity contribution in [1.29, 1.82) is 0 Å². The van der Waals surface area contributed by atoms with E-state index in [1.165, 1.54) is 4.88 Å². The molecule has 0 aliphatic carbocycles. The highest BCUT2D eigenvalue weighted by Crippen LogP contribution is 2.27. The minimum Gasteiger partial charge on any atom is -0.320 e. The van der Waals surface area contributed by atoms with Gasteiger partial charge in [-0.1, -0.05) is 66.2 Å². The van der Waals surface area contributed by atoms with Gasteiger partial charge in [-0.05, 0) is 34.4 Å². The molecule has 1 N–H and O–H groups in total. The minimum absolute atomic E-state index is 0.574. The molecule has 0 bridgehead atoms. The Morgan fingerprint density at radius 3 is 2.62 bits per heavy atom. The standard InChI is InChI=1S/C24H19ClN6S/c25-22-11-5-4-9-18(22)16-31-20(15-26-24(31)17-7-2-1-3-8-17)13-19(23-27-29-30-28-23)14-21-10-6-12-32-21/h1-13,15H,14,16H2,(H,27,28,29,30)/b19-13-. The van der Waals surface area contributed by atoms with E-state index < -0.39 is 0 Å². The molecule has 0 saturated carbocycles. The third kappa shape index (κ3) is 4.39. The Labute approximate surface area is 194 Å². The summed E-state index contributed by atoms with van der Waals surface area (Å²) in [7, 11) is 0. The van der Waals surface area contributed by atoms with Gasteiger partial charge in [0.15, 0.2) is 0 Å². The van der Waals surface area contributed by atoms with Crippen molar-refractivity contribution in [3.63, 3.8) is 0 Å². The summed E-state index contributed by atoms with van der Waals surface area (Å²) in [5.41, 5.74) is 3.97. The molecule has 0 aliphatic rings. The number of benzene rings is 2. The van der Waals surface area contributed by atoms with Gasteiger partial charge in [0.2, 0.25) is 5.82 Å². The van der Waals surface area contributed by atoms with E-state index in [1.54, 1.807) is 11.3 Å². The van der Waals surface area contributed by atoms with Crippen LogP contribution >= 0.6 is 22.9 Å². The Kier molecular flexibility index (Phi) is 5.91. The van der Waals surface area contributed by atoms with Gasteiger partial charge in [-0.2, -0.15) is 5.21 Å². The van der Waals surface area contributed by atoms with Crippen molar-refractivity contribution in [2.24, 2.45) is 0 Å². The van der Waals surface area contributed by atoms with E-state index in [9.17, 15) is 0 Å². The number of H-pyrrole nitrogens is 1. The van der Waals surface area contributed by atoms with E-state index in [0.29, 0.717) is 18.8 Å². The van der Waals surface area contributed by atoms with Gasteiger partial charge in [0.25, 0.3) is 0 Å². The van der Waals surface area contributed by atoms with Crippen LogP contribution in [0.1, 0.15) is 22.0 Å². The highest BCUT2D eigenvalue weighted by atomic mass is 35.5. The van der Waals surface area contributed by atoms with E-state index in [4.69, 9.17) is 16.6 Å². The third-order valence-corrected chi connectivity index (χ3v) is 6.35. The number of allylic oxidation sites excluding steroid dienone is 1. The summed E-state index contributed by atoms with van der Waals surface area (Å²) in [6.45, 7) is 0.592. The largest absolute Gasteiger partial charge is 0.320 e. The number of halogens is 1. The highest BCUT2D eigenvalue weighted by molar-refractivity contribution is 7.10. The first kappa shape index (κ1) is 20.4. The molecule has 2 aromatic carbocycles. The quantitative estimate of drug-likeness (QED) is 0.344. The zero-order valence-electron chi connectivity index (χ0n) is 17.0. The fraction of sp³-hybridized carbons (Fsp3) is 0.0833. The maximum absolute atomic E-state index is 6.49. The van der Waals surface area contributed by atoms with Gasteiger partial charge >= 0.3 is 0 Å². The number of nitrogens with zero attached hydrogens (tertiary/aromatic N) is 5. The summed E-state index contributed by atoms with van der Waals surface area (Å²) in [4.78, 5) is 5.98. The third-order valence-electron chi connectivity index (χ3n) is 5.10. The number of aromatic amines is 1. The Hall–Kier alpha value is -3.55. The molecular formula is C24H19ClN6S. The van der Waals surface area contributed by atoms with Gasteiger partial charge in [-0.25, -0.2) is 4.98 Å². The van der Waals surface area contributed by atoms with Crippen molar-refractivity contribution in [3.8, 4) is 11.4 Å². The maximum Gasteiger partial charge on any atom is 0.201 e. The molecule has 3 heterocycles. The second kappa shape index (κ2) is 9.30. The molecule has 0 spiro atoms. The first-order valence-electron chi connectivity index (χ1n) is 10.1. The molecule has 32 heavy (non-hydrogen) atoms. The molecule has 0 radical (unpaired) electrons. The molecule has 5 rings (SSSR count). The van der Waals surface area contributed by atoms with Crippen LogP contribution in [0.3, 0.4) is 0 Å². The molecule has 6 nitrogen and oxygen atoms in total. The molecule has 0 fully saturated rings. The molecule has 0 aliphatic heterocycles. The van der Waals surface area contributed by atoms with Crippen molar-refractivity contribution in [3.05, 3.63) is 105 Å². The Balaban J connectivity index is 1.62. The fourth-order valence-corrected chi connectivity index (χ4v) is 4.48. The molecule has 0 amide bonds. The lowest BCUT2D eigenvalue weighted by Gasteiger charge is -2.13. The average molecular weight is 459 g/mol. The van der Waals surface area contributed by atoms with E-state index in [2.05, 4.69) is 54.8 Å². The Bertz CT molecular complexity index is 1320. The SMILES string of the molecule is Clc1ccccc1Cn1c(/C=C(/Cc2cccs2)c2nn[nH]n2)cnc1-c1ccccc1. The summed E-state index contributed by atoms with van der Waals surface area (Å²) in [5.74, 6) is 1.45. The molecule has 3 aromatic heterocycles. The molecule has 8 heteroatoms. The van der Waals surface area contributed by atoms with E-state index in [1.807, 2.05) is 54.7 Å². The molecule has 0 atom stereocenters. The number of nitrogens with one attached hydrogen (secondary N) is 1. The summed E-state index contributed by atoms with van der Waals surface area (Å²) < 4.78 is 2.17. The van der Waals surface area contributed by atoms with E-state index in [-0.39, 0.29) is 0 Å².